The first kappa shape index (κ1) is 19.0. The Kier molecular flexibility index (Phi) is 4.84. The van der Waals surface area contributed by atoms with Crippen molar-refractivity contribution in [3.8, 4) is 0 Å². The molecule has 3 nitrogen and oxygen atoms in total. The first-order valence-electron chi connectivity index (χ1n) is 10.2. The van der Waals surface area contributed by atoms with Crippen LogP contribution < -0.4 is 10.6 Å². The van der Waals surface area contributed by atoms with Crippen molar-refractivity contribution in [3.63, 3.8) is 0 Å². The number of allylic oxidation sites excluding steroid dienone is 1. The summed E-state index contributed by atoms with van der Waals surface area (Å²) in [5.74, 6) is -0.426. The largest absolute Gasteiger partial charge is 0.292 e. The van der Waals surface area contributed by atoms with Gasteiger partial charge in [0.15, 0.2) is 0 Å². The van der Waals surface area contributed by atoms with Crippen LogP contribution in [0.5, 0.6) is 0 Å². The van der Waals surface area contributed by atoms with Crippen LogP contribution in [0.2, 0.25) is 0 Å². The topological polar surface area (TPSA) is 46.2 Å². The summed E-state index contributed by atoms with van der Waals surface area (Å²) in [5, 5.41) is 3.41. The summed E-state index contributed by atoms with van der Waals surface area (Å²) in [6.07, 6.45) is 1.98. The summed E-state index contributed by atoms with van der Waals surface area (Å²) in [7, 11) is -0.678. The van der Waals surface area contributed by atoms with Crippen LogP contribution in [0.15, 0.2) is 102 Å². The molecule has 2 heterocycles. The van der Waals surface area contributed by atoms with E-state index < -0.39 is 13.1 Å². The maximum atomic E-state index is 12.8. The SMILES string of the molecule is O=C1CC(=C2CCP(c3ccccc3)C2(c2ccccc2)c2ccccc2)C(=O)N1. The Hall–Kier alpha value is -3.03. The molecule has 2 aliphatic rings. The molecule has 2 amide bonds. The third-order valence-corrected chi connectivity index (χ3v) is 9.30. The van der Waals surface area contributed by atoms with Gasteiger partial charge in [-0.15, -0.1) is 0 Å². The lowest BCUT2D eigenvalue weighted by molar-refractivity contribution is -0.124. The van der Waals surface area contributed by atoms with E-state index in [4.69, 9.17) is 0 Å². The molecule has 148 valence electrons. The molecule has 30 heavy (non-hydrogen) atoms. The quantitative estimate of drug-likeness (QED) is 0.392. The van der Waals surface area contributed by atoms with Crippen molar-refractivity contribution >= 4 is 25.0 Å². The number of nitrogens with one attached hydrogen (secondary N) is 1. The lowest BCUT2D eigenvalue weighted by Gasteiger charge is -2.39. The van der Waals surface area contributed by atoms with Crippen LogP contribution >= 0.6 is 7.92 Å². The minimum absolute atomic E-state index is 0.174. The van der Waals surface area contributed by atoms with Gasteiger partial charge in [0.05, 0.1) is 11.6 Å². The van der Waals surface area contributed by atoms with Crippen LogP contribution in [0, 0.1) is 0 Å². The van der Waals surface area contributed by atoms with Gasteiger partial charge in [-0.3, -0.25) is 14.9 Å². The van der Waals surface area contributed by atoms with Gasteiger partial charge in [-0.25, -0.2) is 0 Å². The molecule has 0 saturated carbocycles. The Morgan fingerprint density at radius 1 is 0.733 bits per heavy atom. The van der Waals surface area contributed by atoms with Gasteiger partial charge in [0.1, 0.15) is 0 Å². The smallest absolute Gasteiger partial charge is 0.254 e. The fourth-order valence-electron chi connectivity index (χ4n) is 4.95. The van der Waals surface area contributed by atoms with Crippen LogP contribution in [0.1, 0.15) is 24.0 Å². The monoisotopic (exact) mass is 411 g/mol. The van der Waals surface area contributed by atoms with Gasteiger partial charge in [-0.1, -0.05) is 98.9 Å². The Morgan fingerprint density at radius 2 is 1.27 bits per heavy atom. The van der Waals surface area contributed by atoms with Crippen molar-refractivity contribution < 1.29 is 9.59 Å². The van der Waals surface area contributed by atoms with Gasteiger partial charge in [0.2, 0.25) is 5.91 Å². The molecule has 2 aliphatic heterocycles. The lowest BCUT2D eigenvalue weighted by atomic mass is 9.80. The molecule has 3 aromatic rings. The van der Waals surface area contributed by atoms with E-state index in [2.05, 4.69) is 78.1 Å². The van der Waals surface area contributed by atoms with Crippen molar-refractivity contribution in [1.29, 1.82) is 0 Å². The maximum absolute atomic E-state index is 12.8. The molecule has 0 bridgehead atoms. The zero-order valence-electron chi connectivity index (χ0n) is 16.5. The minimum Gasteiger partial charge on any atom is -0.292 e. The zero-order chi connectivity index (χ0) is 20.6. The second kappa shape index (κ2) is 7.66. The normalized spacial score (nSPS) is 22.9. The van der Waals surface area contributed by atoms with Gasteiger partial charge < -0.3 is 0 Å². The standard InChI is InChI=1S/C26H22NO2P/c28-24-18-22(25(29)27-24)23-16-17-30(21-14-8-3-9-15-21)26(23,19-10-4-1-5-11-19)20-12-6-2-7-13-20/h1-15H,16-18H2,(H,27,28,29). The number of hydrogen-bond donors (Lipinski definition) is 1. The molecule has 0 spiro atoms. The van der Waals surface area contributed by atoms with Crippen molar-refractivity contribution in [2.45, 2.75) is 18.0 Å². The highest BCUT2D eigenvalue weighted by Gasteiger charge is 2.52. The Bertz CT molecular complexity index is 1080. The van der Waals surface area contributed by atoms with E-state index in [1.165, 1.54) is 16.4 Å². The number of carbonyl (C=O) groups is 2. The van der Waals surface area contributed by atoms with Crippen LogP contribution in [-0.4, -0.2) is 18.0 Å². The summed E-state index contributed by atoms with van der Waals surface area (Å²) in [6.45, 7) is 0. The summed E-state index contributed by atoms with van der Waals surface area (Å²) < 4.78 is 0. The van der Waals surface area contributed by atoms with Crippen LogP contribution in [0.3, 0.4) is 0 Å². The summed E-state index contributed by atoms with van der Waals surface area (Å²) in [5.41, 5.74) is 4.16. The summed E-state index contributed by atoms with van der Waals surface area (Å²) in [4.78, 5) is 24.9. The van der Waals surface area contributed by atoms with Crippen LogP contribution in [0.25, 0.3) is 0 Å². The van der Waals surface area contributed by atoms with Crippen molar-refractivity contribution in [2.24, 2.45) is 0 Å². The predicted octanol–water partition coefficient (Wildman–Crippen LogP) is 4.48. The third-order valence-electron chi connectivity index (χ3n) is 6.11. The van der Waals surface area contributed by atoms with E-state index in [0.29, 0.717) is 5.57 Å². The molecule has 2 saturated heterocycles. The number of carbonyl (C=O) groups excluding carboxylic acids is 2. The maximum Gasteiger partial charge on any atom is 0.254 e. The number of hydrogen-bond acceptors (Lipinski definition) is 2. The Labute approximate surface area is 177 Å². The molecular formula is C26H22NO2P. The average Bonchev–Trinajstić information content (AvgIpc) is 3.35. The van der Waals surface area contributed by atoms with Crippen molar-refractivity contribution in [1.82, 2.24) is 5.32 Å². The molecule has 1 unspecified atom stereocenters. The molecule has 5 rings (SSSR count). The first-order chi connectivity index (χ1) is 14.7. The van der Waals surface area contributed by atoms with Gasteiger partial charge >= 0.3 is 0 Å². The Balaban J connectivity index is 1.86. The average molecular weight is 411 g/mol. The van der Waals surface area contributed by atoms with Gasteiger partial charge in [0.25, 0.3) is 5.91 Å². The van der Waals surface area contributed by atoms with Gasteiger partial charge in [0, 0.05) is 5.57 Å². The number of imide groups is 1. The van der Waals surface area contributed by atoms with Crippen molar-refractivity contribution in [3.05, 3.63) is 113 Å². The number of rotatable bonds is 3. The minimum atomic E-state index is -0.678. The predicted molar refractivity (Wildman–Crippen MR) is 121 cm³/mol. The second-order valence-corrected chi connectivity index (χ2v) is 10.2. The fourth-order valence-corrected chi connectivity index (χ4v) is 8.41. The molecule has 2 fully saturated rings. The molecule has 0 aromatic heterocycles. The van der Waals surface area contributed by atoms with Crippen molar-refractivity contribution in [2.75, 3.05) is 6.16 Å². The Morgan fingerprint density at radius 3 is 1.77 bits per heavy atom. The summed E-state index contributed by atoms with van der Waals surface area (Å²) >= 11 is 0. The highest BCUT2D eigenvalue weighted by atomic mass is 31.1. The fraction of sp³-hybridized carbons (Fsp3) is 0.154. The lowest BCUT2D eigenvalue weighted by Crippen LogP contribution is -2.30. The van der Waals surface area contributed by atoms with E-state index in [1.54, 1.807) is 0 Å². The molecule has 3 aromatic carbocycles. The molecule has 0 radical (unpaired) electrons. The number of amides is 2. The van der Waals surface area contributed by atoms with Gasteiger partial charge in [-0.2, -0.15) is 0 Å². The molecule has 1 atom stereocenters. The third kappa shape index (κ3) is 2.93. The highest BCUT2D eigenvalue weighted by Crippen LogP contribution is 2.69. The van der Waals surface area contributed by atoms with Crippen LogP contribution in [-0.2, 0) is 14.7 Å². The molecular weight excluding hydrogens is 389 g/mol. The van der Waals surface area contributed by atoms with Gasteiger partial charge in [-0.05, 0) is 34.6 Å². The van der Waals surface area contributed by atoms with E-state index in [9.17, 15) is 9.59 Å². The highest BCUT2D eigenvalue weighted by molar-refractivity contribution is 7.67. The van der Waals surface area contributed by atoms with E-state index in [-0.39, 0.29) is 18.2 Å². The molecule has 0 aliphatic carbocycles. The molecule has 4 heteroatoms. The number of benzene rings is 3. The van der Waals surface area contributed by atoms with E-state index in [1.807, 2.05) is 18.2 Å². The molecule has 1 N–H and O–H groups in total. The van der Waals surface area contributed by atoms with E-state index in [0.717, 1.165) is 18.2 Å². The first-order valence-corrected chi connectivity index (χ1v) is 11.7. The summed E-state index contributed by atoms with van der Waals surface area (Å²) in [6, 6.07) is 31.7. The second-order valence-electron chi connectivity index (χ2n) is 7.69. The van der Waals surface area contributed by atoms with E-state index >= 15 is 0 Å². The zero-order valence-corrected chi connectivity index (χ0v) is 17.4. The van der Waals surface area contributed by atoms with Crippen LogP contribution in [0.4, 0.5) is 0 Å².